The number of hydrogen-bond donors (Lipinski definition) is 1. The first-order valence-electron chi connectivity index (χ1n) is 11.1. The lowest BCUT2D eigenvalue weighted by atomic mass is 10.1. The predicted octanol–water partition coefficient (Wildman–Crippen LogP) is 4.83. The highest BCUT2D eigenvalue weighted by Gasteiger charge is 2.22. The highest BCUT2D eigenvalue weighted by Crippen LogP contribution is 2.24. The molecule has 1 aromatic heterocycles. The van der Waals surface area contributed by atoms with Crippen molar-refractivity contribution in [3.63, 3.8) is 0 Å². The molecule has 0 radical (unpaired) electrons. The van der Waals surface area contributed by atoms with Crippen molar-refractivity contribution in [2.45, 2.75) is 39.2 Å². The van der Waals surface area contributed by atoms with Gasteiger partial charge in [0.05, 0.1) is 0 Å². The first-order valence-corrected chi connectivity index (χ1v) is 11.1. The summed E-state index contributed by atoms with van der Waals surface area (Å²) in [5, 5.41) is 3.98. The Balaban J connectivity index is 1.73. The molecule has 2 aromatic carbocycles. The fourth-order valence-electron chi connectivity index (χ4n) is 4.19. The zero-order valence-electron chi connectivity index (χ0n) is 18.0. The first kappa shape index (κ1) is 20.9. The third-order valence-corrected chi connectivity index (χ3v) is 5.87. The molecule has 0 saturated carbocycles. The van der Waals surface area contributed by atoms with E-state index in [1.54, 1.807) is 12.1 Å². The SMILES string of the molecule is CCn1cc(C=C(NC(=O)c2ccccc2)C(=O)N2CCCCCC2)c2ccccc21. The van der Waals surface area contributed by atoms with Crippen molar-refractivity contribution >= 4 is 28.8 Å². The van der Waals surface area contributed by atoms with E-state index in [-0.39, 0.29) is 11.8 Å². The zero-order chi connectivity index (χ0) is 21.6. The van der Waals surface area contributed by atoms with Crippen LogP contribution in [0.4, 0.5) is 0 Å². The number of carbonyl (C=O) groups excluding carboxylic acids is 2. The first-order chi connectivity index (χ1) is 15.2. The number of aromatic nitrogens is 1. The fraction of sp³-hybridized carbons (Fsp3) is 0.308. The molecule has 2 heterocycles. The summed E-state index contributed by atoms with van der Waals surface area (Å²) in [6.07, 6.45) is 8.17. The van der Waals surface area contributed by atoms with Crippen LogP contribution in [-0.2, 0) is 11.3 Å². The molecule has 1 aliphatic heterocycles. The van der Waals surface area contributed by atoms with E-state index in [2.05, 4.69) is 35.1 Å². The van der Waals surface area contributed by atoms with Gasteiger partial charge in [-0.25, -0.2) is 0 Å². The van der Waals surface area contributed by atoms with Gasteiger partial charge in [0.1, 0.15) is 5.70 Å². The summed E-state index contributed by atoms with van der Waals surface area (Å²) >= 11 is 0. The Kier molecular flexibility index (Phi) is 6.51. The summed E-state index contributed by atoms with van der Waals surface area (Å²) in [6, 6.07) is 17.2. The van der Waals surface area contributed by atoms with Crippen LogP contribution < -0.4 is 5.32 Å². The molecule has 0 spiro atoms. The molecule has 5 nitrogen and oxygen atoms in total. The van der Waals surface area contributed by atoms with Crippen molar-refractivity contribution in [2.24, 2.45) is 0 Å². The van der Waals surface area contributed by atoms with Gasteiger partial charge in [-0.3, -0.25) is 9.59 Å². The second-order valence-electron chi connectivity index (χ2n) is 7.97. The Labute approximate surface area is 183 Å². The van der Waals surface area contributed by atoms with E-state index in [0.29, 0.717) is 11.3 Å². The van der Waals surface area contributed by atoms with Crippen LogP contribution in [-0.4, -0.2) is 34.4 Å². The van der Waals surface area contributed by atoms with Crippen molar-refractivity contribution in [2.75, 3.05) is 13.1 Å². The Morgan fingerprint density at radius 3 is 2.32 bits per heavy atom. The van der Waals surface area contributed by atoms with Gasteiger partial charge in [0.25, 0.3) is 11.8 Å². The van der Waals surface area contributed by atoms with E-state index in [9.17, 15) is 9.59 Å². The topological polar surface area (TPSA) is 54.3 Å². The maximum Gasteiger partial charge on any atom is 0.270 e. The average Bonchev–Trinajstić information content (AvgIpc) is 2.97. The van der Waals surface area contributed by atoms with Crippen LogP contribution in [0.5, 0.6) is 0 Å². The maximum atomic E-state index is 13.5. The highest BCUT2D eigenvalue weighted by atomic mass is 16.2. The Morgan fingerprint density at radius 1 is 0.935 bits per heavy atom. The lowest BCUT2D eigenvalue weighted by Gasteiger charge is -2.22. The third-order valence-electron chi connectivity index (χ3n) is 5.87. The van der Waals surface area contributed by atoms with Crippen molar-refractivity contribution in [3.8, 4) is 0 Å². The summed E-state index contributed by atoms with van der Waals surface area (Å²) < 4.78 is 2.16. The largest absolute Gasteiger partial charge is 0.347 e. The van der Waals surface area contributed by atoms with E-state index in [0.717, 1.165) is 61.8 Å². The van der Waals surface area contributed by atoms with Crippen LogP contribution in [0.3, 0.4) is 0 Å². The molecule has 1 N–H and O–H groups in total. The number of hydrogen-bond acceptors (Lipinski definition) is 2. The molecule has 0 bridgehead atoms. The van der Waals surface area contributed by atoms with Crippen molar-refractivity contribution in [1.29, 1.82) is 0 Å². The molecule has 0 unspecified atom stereocenters. The minimum absolute atomic E-state index is 0.112. The molecule has 160 valence electrons. The normalized spacial score (nSPS) is 15.0. The van der Waals surface area contributed by atoms with Crippen molar-refractivity contribution < 1.29 is 9.59 Å². The lowest BCUT2D eigenvalue weighted by molar-refractivity contribution is -0.127. The number of rotatable bonds is 5. The van der Waals surface area contributed by atoms with Gasteiger partial charge in [0, 0.05) is 47.9 Å². The van der Waals surface area contributed by atoms with E-state index in [1.807, 2.05) is 41.3 Å². The van der Waals surface area contributed by atoms with Gasteiger partial charge in [-0.15, -0.1) is 0 Å². The van der Waals surface area contributed by atoms with Gasteiger partial charge in [-0.1, -0.05) is 49.2 Å². The predicted molar refractivity (Wildman–Crippen MR) is 125 cm³/mol. The summed E-state index contributed by atoms with van der Waals surface area (Å²) in [6.45, 7) is 4.39. The molecule has 1 saturated heterocycles. The average molecular weight is 416 g/mol. The lowest BCUT2D eigenvalue weighted by Crippen LogP contribution is -2.39. The van der Waals surface area contributed by atoms with Gasteiger partial charge >= 0.3 is 0 Å². The van der Waals surface area contributed by atoms with Gasteiger partial charge in [0.2, 0.25) is 0 Å². The second-order valence-corrected chi connectivity index (χ2v) is 7.97. The van der Waals surface area contributed by atoms with Crippen LogP contribution in [0.15, 0.2) is 66.5 Å². The van der Waals surface area contributed by atoms with Gasteiger partial charge in [0.15, 0.2) is 0 Å². The number of amides is 2. The Bertz CT molecular complexity index is 1090. The van der Waals surface area contributed by atoms with Crippen LogP contribution >= 0.6 is 0 Å². The number of aryl methyl sites for hydroxylation is 1. The summed E-state index contributed by atoms with van der Waals surface area (Å²) in [5.41, 5.74) is 2.92. The van der Waals surface area contributed by atoms with Crippen molar-refractivity contribution in [3.05, 3.63) is 77.6 Å². The molecular formula is C26H29N3O2. The molecule has 1 fully saturated rings. The number of para-hydroxylation sites is 1. The number of carbonyl (C=O) groups is 2. The zero-order valence-corrected chi connectivity index (χ0v) is 18.0. The molecule has 5 heteroatoms. The molecule has 2 amide bonds. The second kappa shape index (κ2) is 9.65. The number of fused-ring (bicyclic) bond motifs is 1. The van der Waals surface area contributed by atoms with Gasteiger partial charge < -0.3 is 14.8 Å². The number of benzene rings is 2. The summed E-state index contributed by atoms with van der Waals surface area (Å²) in [7, 11) is 0. The molecular weight excluding hydrogens is 386 g/mol. The number of likely N-dealkylation sites (tertiary alicyclic amines) is 1. The maximum absolute atomic E-state index is 13.5. The fourth-order valence-corrected chi connectivity index (χ4v) is 4.19. The standard InChI is InChI=1S/C26H29N3O2/c1-2-28-19-21(22-14-8-9-15-24(22)28)18-23(26(31)29-16-10-3-4-11-17-29)27-25(30)20-12-6-5-7-13-20/h5-9,12-15,18-19H,2-4,10-11,16-17H2,1H3,(H,27,30). The Hall–Kier alpha value is -3.34. The minimum atomic E-state index is -0.269. The Morgan fingerprint density at radius 2 is 1.61 bits per heavy atom. The van der Waals surface area contributed by atoms with Crippen LogP contribution in [0.1, 0.15) is 48.5 Å². The van der Waals surface area contributed by atoms with Crippen LogP contribution in [0, 0.1) is 0 Å². The van der Waals surface area contributed by atoms with Crippen LogP contribution in [0.25, 0.3) is 17.0 Å². The van der Waals surface area contributed by atoms with E-state index in [1.165, 1.54) is 0 Å². The minimum Gasteiger partial charge on any atom is -0.347 e. The molecule has 31 heavy (non-hydrogen) atoms. The number of nitrogens with one attached hydrogen (secondary N) is 1. The quantitative estimate of drug-likeness (QED) is 0.607. The highest BCUT2D eigenvalue weighted by molar-refractivity contribution is 6.06. The van der Waals surface area contributed by atoms with E-state index < -0.39 is 0 Å². The van der Waals surface area contributed by atoms with Crippen LogP contribution in [0.2, 0.25) is 0 Å². The molecule has 4 rings (SSSR count). The van der Waals surface area contributed by atoms with Gasteiger partial charge in [-0.05, 0) is 44.0 Å². The molecule has 3 aromatic rings. The molecule has 0 aliphatic carbocycles. The monoisotopic (exact) mass is 415 g/mol. The van der Waals surface area contributed by atoms with E-state index >= 15 is 0 Å². The smallest absolute Gasteiger partial charge is 0.270 e. The van der Waals surface area contributed by atoms with E-state index in [4.69, 9.17) is 0 Å². The van der Waals surface area contributed by atoms with Gasteiger partial charge in [-0.2, -0.15) is 0 Å². The van der Waals surface area contributed by atoms with Crippen molar-refractivity contribution in [1.82, 2.24) is 14.8 Å². The summed E-state index contributed by atoms with van der Waals surface area (Å²) in [4.78, 5) is 28.2. The summed E-state index contributed by atoms with van der Waals surface area (Å²) in [5.74, 6) is -0.381. The molecule has 0 atom stereocenters. The third kappa shape index (κ3) is 4.71. The molecule has 1 aliphatic rings. The number of nitrogens with zero attached hydrogens (tertiary/aromatic N) is 2.